The number of fused-ring (bicyclic) bond motifs is 2. The fourth-order valence-corrected chi connectivity index (χ4v) is 5.13. The number of benzene rings is 1. The molecule has 0 radical (unpaired) electrons. The fraction of sp³-hybridized carbons (Fsp3) is 0.579. The summed E-state index contributed by atoms with van der Waals surface area (Å²) in [5.41, 5.74) is 1.99. The summed E-state index contributed by atoms with van der Waals surface area (Å²) < 4.78 is 6.52. The highest BCUT2D eigenvalue weighted by molar-refractivity contribution is 5.75. The first-order chi connectivity index (χ1) is 11.6. The van der Waals surface area contributed by atoms with Gasteiger partial charge in [-0.1, -0.05) is 12.1 Å². The molecule has 4 heterocycles. The molecule has 126 valence electrons. The monoisotopic (exact) mass is 324 g/mol. The zero-order valence-corrected chi connectivity index (χ0v) is 14.4. The lowest BCUT2D eigenvalue weighted by Crippen LogP contribution is -2.40. The lowest BCUT2D eigenvalue weighted by molar-refractivity contribution is 0.0136. The van der Waals surface area contributed by atoms with Crippen molar-refractivity contribution in [3.63, 3.8) is 0 Å². The van der Waals surface area contributed by atoms with Crippen molar-refractivity contribution in [2.75, 3.05) is 38.6 Å². The third kappa shape index (κ3) is 2.07. The fourth-order valence-electron chi connectivity index (χ4n) is 5.13. The maximum Gasteiger partial charge on any atom is 0.147 e. The smallest absolute Gasteiger partial charge is 0.147 e. The molecular weight excluding hydrogens is 300 g/mol. The molecule has 0 amide bonds. The normalized spacial score (nSPS) is 34.5. The Morgan fingerprint density at radius 2 is 2.12 bits per heavy atom. The molecule has 24 heavy (non-hydrogen) atoms. The van der Waals surface area contributed by atoms with Gasteiger partial charge in [0.1, 0.15) is 5.82 Å². The highest BCUT2D eigenvalue weighted by Gasteiger charge is 2.63. The summed E-state index contributed by atoms with van der Waals surface area (Å²) in [6.45, 7) is 3.13. The van der Waals surface area contributed by atoms with E-state index in [1.165, 1.54) is 12.8 Å². The minimum absolute atomic E-state index is 0.0542. The molecule has 2 aromatic rings. The van der Waals surface area contributed by atoms with Crippen LogP contribution >= 0.6 is 0 Å². The molecule has 5 nitrogen and oxygen atoms in total. The highest BCUT2D eigenvalue weighted by Crippen LogP contribution is 2.55. The van der Waals surface area contributed by atoms with Gasteiger partial charge in [-0.2, -0.15) is 0 Å². The van der Waals surface area contributed by atoms with E-state index in [4.69, 9.17) is 9.72 Å². The van der Waals surface area contributed by atoms with Crippen molar-refractivity contribution in [2.45, 2.75) is 24.5 Å². The van der Waals surface area contributed by atoms with Gasteiger partial charge in [0.25, 0.3) is 0 Å². The molecule has 2 bridgehead atoms. The lowest BCUT2D eigenvalue weighted by Gasteiger charge is -2.30. The van der Waals surface area contributed by atoms with Gasteiger partial charge in [0.05, 0.1) is 28.9 Å². The van der Waals surface area contributed by atoms with Crippen LogP contribution in [0.25, 0.3) is 11.0 Å². The molecule has 0 N–H and O–H groups in total. The van der Waals surface area contributed by atoms with E-state index in [2.05, 4.69) is 28.9 Å². The Labute approximate surface area is 142 Å². The van der Waals surface area contributed by atoms with Gasteiger partial charge in [-0.3, -0.25) is 4.98 Å². The minimum Gasteiger partial charge on any atom is -0.369 e. The maximum absolute atomic E-state index is 6.52. The first-order valence-corrected chi connectivity index (χ1v) is 8.94. The molecule has 0 aliphatic carbocycles. The highest BCUT2D eigenvalue weighted by atomic mass is 16.5. The molecule has 1 aromatic carbocycles. The molecule has 1 spiro atoms. The van der Waals surface area contributed by atoms with Crippen LogP contribution in [0, 0.1) is 11.8 Å². The minimum atomic E-state index is 0.0542. The average molecular weight is 324 g/mol. The number of aromatic nitrogens is 2. The molecular formula is C19H24N4O. The van der Waals surface area contributed by atoms with Crippen molar-refractivity contribution in [3.8, 4) is 0 Å². The quantitative estimate of drug-likeness (QED) is 0.865. The van der Waals surface area contributed by atoms with E-state index in [9.17, 15) is 0 Å². The molecule has 5 rings (SSSR count). The van der Waals surface area contributed by atoms with Crippen LogP contribution in [0.3, 0.4) is 0 Å². The number of para-hydroxylation sites is 2. The number of anilines is 1. The van der Waals surface area contributed by atoms with Crippen LogP contribution in [-0.2, 0) is 4.74 Å². The molecule has 4 atom stereocenters. The van der Waals surface area contributed by atoms with Crippen molar-refractivity contribution in [3.05, 3.63) is 30.5 Å². The van der Waals surface area contributed by atoms with Crippen molar-refractivity contribution in [1.29, 1.82) is 0 Å². The van der Waals surface area contributed by atoms with Gasteiger partial charge in [0.2, 0.25) is 0 Å². The Bertz CT molecular complexity index is 779. The van der Waals surface area contributed by atoms with E-state index in [1.54, 1.807) is 0 Å². The summed E-state index contributed by atoms with van der Waals surface area (Å²) in [6.07, 6.45) is 4.80. The Hall–Kier alpha value is -1.72. The van der Waals surface area contributed by atoms with Gasteiger partial charge in [-0.15, -0.1) is 0 Å². The Kier molecular flexibility index (Phi) is 3.13. The van der Waals surface area contributed by atoms with Gasteiger partial charge >= 0.3 is 0 Å². The molecule has 0 unspecified atom stereocenters. The SMILES string of the molecule is CN(C)C[C@H]1[C@@H]2CC[C@@]3(CN(c4cnc5ccccc5n4)C[C@@H]13)O2. The first-order valence-electron chi connectivity index (χ1n) is 8.94. The van der Waals surface area contributed by atoms with Crippen molar-refractivity contribution in [1.82, 2.24) is 14.9 Å². The molecule has 0 saturated carbocycles. The summed E-state index contributed by atoms with van der Waals surface area (Å²) in [4.78, 5) is 14.1. The summed E-state index contributed by atoms with van der Waals surface area (Å²) in [7, 11) is 4.33. The molecule has 3 saturated heterocycles. The van der Waals surface area contributed by atoms with E-state index < -0.39 is 0 Å². The van der Waals surface area contributed by atoms with Gasteiger partial charge in [-0.25, -0.2) is 4.98 Å². The molecule has 5 heteroatoms. The van der Waals surface area contributed by atoms with Crippen LogP contribution in [0.4, 0.5) is 5.82 Å². The predicted octanol–water partition coefficient (Wildman–Crippen LogP) is 2.18. The largest absolute Gasteiger partial charge is 0.369 e. The van der Waals surface area contributed by atoms with Crippen molar-refractivity contribution < 1.29 is 4.74 Å². The zero-order chi connectivity index (χ0) is 16.3. The van der Waals surface area contributed by atoms with Crippen molar-refractivity contribution in [2.24, 2.45) is 11.8 Å². The maximum atomic E-state index is 6.52. The number of hydrogen-bond acceptors (Lipinski definition) is 5. The van der Waals surface area contributed by atoms with Crippen LogP contribution in [0.1, 0.15) is 12.8 Å². The molecule has 3 aliphatic rings. The summed E-state index contributed by atoms with van der Waals surface area (Å²) in [5.74, 6) is 2.26. The number of ether oxygens (including phenoxy) is 1. The second-order valence-corrected chi connectivity index (χ2v) is 7.89. The summed E-state index contributed by atoms with van der Waals surface area (Å²) in [6, 6.07) is 8.09. The molecule has 1 aromatic heterocycles. The van der Waals surface area contributed by atoms with Crippen LogP contribution in [0.5, 0.6) is 0 Å². The standard InChI is InChI=1S/C19H24N4O/c1-22(2)10-13-14-11-23(12-19(14)8-7-17(13)24-19)18-9-20-15-5-3-4-6-16(15)21-18/h3-6,9,13-14,17H,7-8,10-12H2,1-2H3/t13-,14+,17+,19+/m1/s1. The Morgan fingerprint density at radius 3 is 2.96 bits per heavy atom. The number of rotatable bonds is 3. The first kappa shape index (κ1) is 14.6. The topological polar surface area (TPSA) is 41.5 Å². The second kappa shape index (κ2) is 5.14. The Balaban J connectivity index is 1.45. The van der Waals surface area contributed by atoms with E-state index >= 15 is 0 Å². The van der Waals surface area contributed by atoms with Gasteiger partial charge in [0.15, 0.2) is 0 Å². The molecule has 3 fully saturated rings. The average Bonchev–Trinajstić information content (AvgIpc) is 3.24. The Morgan fingerprint density at radius 1 is 1.29 bits per heavy atom. The van der Waals surface area contributed by atoms with Crippen LogP contribution in [0.15, 0.2) is 30.5 Å². The zero-order valence-electron chi connectivity index (χ0n) is 14.4. The number of hydrogen-bond donors (Lipinski definition) is 0. The van der Waals surface area contributed by atoms with Crippen LogP contribution in [0.2, 0.25) is 0 Å². The van der Waals surface area contributed by atoms with Crippen LogP contribution in [-0.4, -0.2) is 60.3 Å². The summed E-state index contributed by atoms with van der Waals surface area (Å²) >= 11 is 0. The molecule has 3 aliphatic heterocycles. The summed E-state index contributed by atoms with van der Waals surface area (Å²) in [5, 5.41) is 0. The lowest BCUT2D eigenvalue weighted by atomic mass is 9.73. The van der Waals surface area contributed by atoms with Crippen molar-refractivity contribution >= 4 is 16.9 Å². The van der Waals surface area contributed by atoms with E-state index in [1.807, 2.05) is 30.5 Å². The second-order valence-electron chi connectivity index (χ2n) is 7.89. The van der Waals surface area contributed by atoms with E-state index in [0.717, 1.165) is 36.5 Å². The number of nitrogens with zero attached hydrogens (tertiary/aromatic N) is 4. The van der Waals surface area contributed by atoms with Gasteiger partial charge in [-0.05, 0) is 39.1 Å². The van der Waals surface area contributed by atoms with Gasteiger partial charge in [0, 0.05) is 31.5 Å². The van der Waals surface area contributed by atoms with Gasteiger partial charge < -0.3 is 14.5 Å². The predicted molar refractivity (Wildman–Crippen MR) is 94.1 cm³/mol. The third-order valence-corrected chi connectivity index (χ3v) is 6.12. The third-order valence-electron chi connectivity index (χ3n) is 6.12. The van der Waals surface area contributed by atoms with E-state index in [0.29, 0.717) is 17.9 Å². The van der Waals surface area contributed by atoms with E-state index in [-0.39, 0.29) is 5.60 Å². The van der Waals surface area contributed by atoms with Crippen LogP contribution < -0.4 is 4.90 Å².